The minimum Gasteiger partial charge on any atom is -0.388 e. The van der Waals surface area contributed by atoms with Crippen LogP contribution in [-0.4, -0.2) is 73.7 Å². The number of ether oxygens (including phenoxy) is 1. The number of aliphatic hydroxyl groups is 2. The van der Waals surface area contributed by atoms with E-state index in [0.29, 0.717) is 12.2 Å². The van der Waals surface area contributed by atoms with Crippen LogP contribution in [-0.2, 0) is 4.74 Å². The van der Waals surface area contributed by atoms with Gasteiger partial charge in [-0.3, -0.25) is 5.10 Å². The van der Waals surface area contributed by atoms with E-state index in [2.05, 4.69) is 47.5 Å². The molecular weight excluding hydrogens is 476 g/mol. The molecule has 8 atom stereocenters. The highest BCUT2D eigenvalue weighted by Crippen LogP contribution is 2.71. The Kier molecular flexibility index (Phi) is 4.61. The molecule has 2 aliphatic heterocycles. The van der Waals surface area contributed by atoms with Crippen LogP contribution in [0.1, 0.15) is 51.0 Å². The molecule has 1 aromatic heterocycles. The summed E-state index contributed by atoms with van der Waals surface area (Å²) in [5, 5.41) is 30.3. The normalized spacial score (nSPS) is 45.3. The number of likely N-dealkylation sites (N-methyl/N-ethyl adjacent to an activating group) is 1. The molecule has 3 fully saturated rings. The molecule has 5 N–H and O–H groups in total. The number of hydrogen-bond acceptors (Lipinski definition) is 6. The lowest BCUT2D eigenvalue weighted by molar-refractivity contribution is -0.199. The summed E-state index contributed by atoms with van der Waals surface area (Å²) in [6, 6.07) is 6.20. The first-order valence-electron chi connectivity index (χ1n) is 13.1. The van der Waals surface area contributed by atoms with E-state index >= 15 is 0 Å². The number of halogens is 1. The summed E-state index contributed by atoms with van der Waals surface area (Å²) in [5.74, 6) is 0.752. The number of H-pyrrole nitrogens is 1. The Morgan fingerprint density at radius 3 is 2.78 bits per heavy atom. The Morgan fingerprint density at radius 1 is 1.19 bits per heavy atom. The van der Waals surface area contributed by atoms with E-state index in [0.717, 1.165) is 48.6 Å². The number of alkyl halides is 1. The van der Waals surface area contributed by atoms with Crippen LogP contribution in [0.2, 0.25) is 0 Å². The van der Waals surface area contributed by atoms with Gasteiger partial charge in [0.05, 0.1) is 27.7 Å². The van der Waals surface area contributed by atoms with Crippen molar-refractivity contribution in [3.8, 4) is 0 Å². The molecule has 3 heterocycles. The van der Waals surface area contributed by atoms with Gasteiger partial charge in [0, 0.05) is 17.3 Å². The van der Waals surface area contributed by atoms with Crippen molar-refractivity contribution in [2.75, 3.05) is 19.8 Å². The third kappa shape index (κ3) is 2.66. The summed E-state index contributed by atoms with van der Waals surface area (Å²) in [5.41, 5.74) is 9.14. The summed E-state index contributed by atoms with van der Waals surface area (Å²) < 4.78 is 7.26. The summed E-state index contributed by atoms with van der Waals surface area (Å²) in [4.78, 5) is 1.32. The fraction of sp³-hybridized carbons (Fsp3) is 0.607. The molecule has 2 bridgehead atoms. The topological polar surface area (TPSA) is 108 Å². The lowest BCUT2D eigenvalue weighted by Gasteiger charge is -2.61. The molecule has 8 unspecified atom stereocenters. The zero-order valence-electron chi connectivity index (χ0n) is 21.1. The number of nitrogens with two attached hydrogens (primary N) is 1. The maximum absolute atomic E-state index is 11.2. The van der Waals surface area contributed by atoms with Gasteiger partial charge in [0.1, 0.15) is 6.10 Å². The summed E-state index contributed by atoms with van der Waals surface area (Å²) >= 11 is 7.54. The zero-order valence-corrected chi connectivity index (χ0v) is 21.8. The molecule has 3 aliphatic carbocycles. The van der Waals surface area contributed by atoms with Crippen molar-refractivity contribution >= 4 is 33.9 Å². The Morgan fingerprint density at radius 2 is 2.00 bits per heavy atom. The summed E-state index contributed by atoms with van der Waals surface area (Å²) in [6.07, 6.45) is 7.63. The number of allylic oxidation sites excluding steroid dienone is 2. The van der Waals surface area contributed by atoms with E-state index in [-0.39, 0.29) is 17.4 Å². The number of aromatic amines is 1. The lowest BCUT2D eigenvalue weighted by atomic mass is 9.54. The first-order chi connectivity index (χ1) is 17.0. The average molecular weight is 511 g/mol. The van der Waals surface area contributed by atoms with Crippen molar-refractivity contribution < 1.29 is 14.9 Å². The second-order valence-electron chi connectivity index (χ2n) is 12.3. The van der Waals surface area contributed by atoms with Crippen LogP contribution >= 0.6 is 11.6 Å². The number of nitrogen functional groups attached to an aromatic ring is 1. The highest BCUT2D eigenvalue weighted by atomic mass is 35.5. The number of aromatic nitrogens is 2. The Balaban J connectivity index is 1.30. The van der Waals surface area contributed by atoms with Crippen molar-refractivity contribution in [1.82, 2.24) is 15.1 Å². The van der Waals surface area contributed by atoms with Gasteiger partial charge in [-0.15, -0.1) is 11.6 Å². The van der Waals surface area contributed by atoms with E-state index in [9.17, 15) is 10.2 Å². The van der Waals surface area contributed by atoms with E-state index < -0.39 is 28.3 Å². The highest BCUT2D eigenvalue weighted by molar-refractivity contribution is 6.26. The lowest BCUT2D eigenvalue weighted by Crippen LogP contribution is -2.68. The van der Waals surface area contributed by atoms with Gasteiger partial charge >= 0.3 is 0 Å². The minimum atomic E-state index is -0.961. The van der Waals surface area contributed by atoms with Crippen LogP contribution in [0.3, 0.4) is 0 Å². The fourth-order valence-corrected chi connectivity index (χ4v) is 9.12. The summed E-state index contributed by atoms with van der Waals surface area (Å²) in [7, 11) is 3.92. The van der Waals surface area contributed by atoms with Crippen molar-refractivity contribution in [3.63, 3.8) is 0 Å². The van der Waals surface area contributed by atoms with Crippen LogP contribution in [0.25, 0.3) is 16.5 Å². The van der Waals surface area contributed by atoms with Gasteiger partial charge in [-0.2, -0.15) is 5.10 Å². The number of anilines is 1. The molecule has 2 spiro atoms. The van der Waals surface area contributed by atoms with Crippen LogP contribution in [0.4, 0.5) is 5.82 Å². The molecule has 2 aromatic rings. The number of hydrogen-bond donors (Lipinski definition) is 4. The Labute approximate surface area is 216 Å². The monoisotopic (exact) mass is 510 g/mol. The molecular formula is C28H35ClN4O3. The third-order valence-corrected chi connectivity index (χ3v) is 11.2. The maximum atomic E-state index is 11.2. The number of benzene rings is 1. The van der Waals surface area contributed by atoms with Crippen LogP contribution in [0, 0.1) is 11.3 Å². The van der Waals surface area contributed by atoms with Gasteiger partial charge in [-0.25, -0.2) is 0 Å². The molecule has 0 amide bonds. The van der Waals surface area contributed by atoms with Gasteiger partial charge in [0.2, 0.25) is 0 Å². The van der Waals surface area contributed by atoms with Crippen molar-refractivity contribution in [1.29, 1.82) is 0 Å². The quantitative estimate of drug-likeness (QED) is 0.363. The van der Waals surface area contributed by atoms with Gasteiger partial charge in [-0.1, -0.05) is 25.1 Å². The van der Waals surface area contributed by atoms with E-state index in [4.69, 9.17) is 22.1 Å². The van der Waals surface area contributed by atoms with Gasteiger partial charge in [0.15, 0.2) is 5.82 Å². The predicted octanol–water partition coefficient (Wildman–Crippen LogP) is 3.61. The molecule has 2 saturated carbocycles. The SMILES string of the molecule is CN(C)C1CC23CCC4(O2)C2CC=C(c5ccc6c(N)n[nH]c6c5)C2(C)CCC4(Cl)C=C3C(O)C1O. The molecule has 0 radical (unpaired) electrons. The molecule has 7 nitrogen and oxygen atoms in total. The second kappa shape index (κ2) is 7.14. The number of nitrogens with zero attached hydrogens (tertiary/aromatic N) is 2. The number of fused-ring (bicyclic) bond motifs is 2. The molecule has 8 heteroatoms. The van der Waals surface area contributed by atoms with Crippen LogP contribution < -0.4 is 5.73 Å². The van der Waals surface area contributed by atoms with E-state index in [1.165, 1.54) is 11.1 Å². The first kappa shape index (κ1) is 23.2. The largest absolute Gasteiger partial charge is 0.388 e. The molecule has 1 aromatic carbocycles. The highest BCUT2D eigenvalue weighted by Gasteiger charge is 2.73. The molecule has 5 aliphatic rings. The zero-order chi connectivity index (χ0) is 25.3. The number of rotatable bonds is 2. The molecule has 192 valence electrons. The Hall–Kier alpha value is -1.90. The van der Waals surface area contributed by atoms with Crippen molar-refractivity contribution in [2.45, 2.75) is 79.8 Å². The fourth-order valence-electron chi connectivity index (χ4n) is 8.64. The van der Waals surface area contributed by atoms with Gasteiger partial charge in [-0.05, 0) is 86.9 Å². The molecule has 36 heavy (non-hydrogen) atoms. The number of nitrogens with one attached hydrogen (secondary N) is 1. The van der Waals surface area contributed by atoms with E-state index in [1.807, 2.05) is 19.0 Å². The van der Waals surface area contributed by atoms with Gasteiger partial charge < -0.3 is 25.6 Å². The van der Waals surface area contributed by atoms with Crippen molar-refractivity contribution in [3.05, 3.63) is 41.5 Å². The number of aliphatic hydroxyl groups excluding tert-OH is 2. The average Bonchev–Trinajstić information content (AvgIpc) is 3.50. The first-order valence-corrected chi connectivity index (χ1v) is 13.5. The second-order valence-corrected chi connectivity index (χ2v) is 13.0. The molecule has 7 rings (SSSR count). The summed E-state index contributed by atoms with van der Waals surface area (Å²) in [6.45, 7) is 2.38. The predicted molar refractivity (Wildman–Crippen MR) is 140 cm³/mol. The van der Waals surface area contributed by atoms with Gasteiger partial charge in [0.25, 0.3) is 0 Å². The Bertz CT molecular complexity index is 1340. The standard InChI is InChI=1S/C28H35ClN4O3/c1-25-8-10-27(29)13-18-22(34)23(35)20(33(2)3)14-26(18)9-11-28(27,36-26)21(25)7-6-17(25)15-4-5-16-19(12-15)31-32-24(16)30/h4-6,12-13,20-23,34-35H,7-11,14H2,1-3H3,(H3,30,31,32). The third-order valence-electron chi connectivity index (χ3n) is 10.5. The van der Waals surface area contributed by atoms with E-state index in [1.54, 1.807) is 0 Å². The van der Waals surface area contributed by atoms with Crippen molar-refractivity contribution in [2.24, 2.45) is 11.3 Å². The minimum absolute atomic E-state index is 0.0811. The maximum Gasteiger partial charge on any atom is 0.153 e. The molecule has 1 saturated heterocycles. The van der Waals surface area contributed by atoms with Crippen LogP contribution in [0.15, 0.2) is 35.9 Å². The smallest absolute Gasteiger partial charge is 0.153 e. The van der Waals surface area contributed by atoms with Crippen LogP contribution in [0.5, 0.6) is 0 Å².